The topological polar surface area (TPSA) is 20.5 Å². The van der Waals surface area contributed by atoms with Gasteiger partial charge in [0, 0.05) is 25.1 Å². The molecule has 0 radical (unpaired) electrons. The maximum atomic E-state index is 7.11. The van der Waals surface area contributed by atoms with Gasteiger partial charge in [-0.3, -0.25) is 4.98 Å². The number of aromatic nitrogens is 1. The van der Waals surface area contributed by atoms with Crippen molar-refractivity contribution in [2.75, 3.05) is 11.9 Å². The van der Waals surface area contributed by atoms with Crippen LogP contribution in [0.4, 0.5) is 17.1 Å². The molecule has 0 saturated carbocycles. The molecule has 0 aliphatic heterocycles. The summed E-state index contributed by atoms with van der Waals surface area (Å²) in [5, 5.41) is 0. The van der Waals surface area contributed by atoms with Gasteiger partial charge >= 0.3 is 0 Å². The Labute approximate surface area is 94.8 Å². The zero-order valence-electron chi connectivity index (χ0n) is 8.96. The predicted octanol–water partition coefficient (Wildman–Crippen LogP) is 3.40. The van der Waals surface area contributed by atoms with Crippen molar-refractivity contribution in [1.29, 1.82) is 0 Å². The Morgan fingerprint density at radius 1 is 1.19 bits per heavy atom. The van der Waals surface area contributed by atoms with Crippen LogP contribution in [0.2, 0.25) is 0 Å². The zero-order valence-corrected chi connectivity index (χ0v) is 8.96. The molecule has 16 heavy (non-hydrogen) atoms. The van der Waals surface area contributed by atoms with Gasteiger partial charge in [-0.15, -0.1) is 0 Å². The predicted molar refractivity (Wildman–Crippen MR) is 65.0 cm³/mol. The molecule has 0 spiro atoms. The van der Waals surface area contributed by atoms with Crippen molar-refractivity contribution in [2.45, 2.75) is 0 Å². The second-order valence-electron chi connectivity index (χ2n) is 3.37. The van der Waals surface area contributed by atoms with Crippen LogP contribution >= 0.6 is 0 Å². The van der Waals surface area contributed by atoms with E-state index in [1.54, 1.807) is 18.5 Å². The molecule has 78 valence electrons. The highest BCUT2D eigenvalue weighted by Gasteiger charge is 2.08. The van der Waals surface area contributed by atoms with Gasteiger partial charge in [-0.1, -0.05) is 18.2 Å². The summed E-state index contributed by atoms with van der Waals surface area (Å²) in [6, 6.07) is 11.6. The molecule has 0 N–H and O–H groups in total. The summed E-state index contributed by atoms with van der Waals surface area (Å²) >= 11 is 0. The molecular formula is C13H11N3. The van der Waals surface area contributed by atoms with Crippen LogP contribution in [0.15, 0.2) is 48.8 Å². The Hall–Kier alpha value is -2.34. The Bertz CT molecular complexity index is 514. The number of nitrogens with zero attached hydrogens (tertiary/aromatic N) is 3. The van der Waals surface area contributed by atoms with Crippen LogP contribution in [0.1, 0.15) is 0 Å². The van der Waals surface area contributed by atoms with Gasteiger partial charge in [-0.25, -0.2) is 4.85 Å². The van der Waals surface area contributed by atoms with Crippen LogP contribution < -0.4 is 4.90 Å². The fraction of sp³-hybridized carbons (Fsp3) is 0.0769. The second kappa shape index (κ2) is 4.45. The lowest BCUT2D eigenvalue weighted by Crippen LogP contribution is -2.09. The minimum atomic E-state index is 0.612. The number of para-hydroxylation sites is 1. The maximum Gasteiger partial charge on any atom is 0.213 e. The van der Waals surface area contributed by atoms with Crippen LogP contribution in [0.5, 0.6) is 0 Å². The van der Waals surface area contributed by atoms with Crippen LogP contribution in [0.25, 0.3) is 4.85 Å². The Morgan fingerprint density at radius 3 is 2.62 bits per heavy atom. The van der Waals surface area contributed by atoms with E-state index in [9.17, 15) is 0 Å². The van der Waals surface area contributed by atoms with Crippen molar-refractivity contribution in [3.05, 3.63) is 60.2 Å². The highest BCUT2D eigenvalue weighted by molar-refractivity contribution is 5.75. The van der Waals surface area contributed by atoms with Gasteiger partial charge in [0.15, 0.2) is 0 Å². The van der Waals surface area contributed by atoms with E-state index in [0.29, 0.717) is 5.69 Å². The first-order valence-corrected chi connectivity index (χ1v) is 4.93. The summed E-state index contributed by atoms with van der Waals surface area (Å²) in [6.07, 6.45) is 3.34. The third-order valence-corrected chi connectivity index (χ3v) is 2.40. The van der Waals surface area contributed by atoms with Crippen LogP contribution in [0.3, 0.4) is 0 Å². The minimum Gasteiger partial charge on any atom is -0.353 e. The molecule has 0 atom stereocenters. The highest BCUT2D eigenvalue weighted by atomic mass is 15.1. The minimum absolute atomic E-state index is 0.612. The molecule has 0 aliphatic rings. The SMILES string of the molecule is [C-]#[N+]c1ccncc1N(C)c1ccccc1. The van der Waals surface area contributed by atoms with E-state index >= 15 is 0 Å². The summed E-state index contributed by atoms with van der Waals surface area (Å²) in [4.78, 5) is 9.50. The first-order valence-electron chi connectivity index (χ1n) is 4.93. The fourth-order valence-corrected chi connectivity index (χ4v) is 1.52. The summed E-state index contributed by atoms with van der Waals surface area (Å²) < 4.78 is 0. The molecule has 0 fully saturated rings. The largest absolute Gasteiger partial charge is 0.353 e. The quantitative estimate of drug-likeness (QED) is 0.706. The van der Waals surface area contributed by atoms with Crippen molar-refractivity contribution >= 4 is 17.1 Å². The molecule has 2 rings (SSSR count). The molecule has 3 nitrogen and oxygen atoms in total. The standard InChI is InChI=1S/C13H11N3/c1-14-12-8-9-15-10-13(12)16(2)11-6-4-3-5-7-11/h3-10H,2H3. The van der Waals surface area contributed by atoms with Gasteiger partial charge in [-0.2, -0.15) is 0 Å². The van der Waals surface area contributed by atoms with Crippen LogP contribution in [-0.4, -0.2) is 12.0 Å². The van der Waals surface area contributed by atoms with Crippen molar-refractivity contribution in [1.82, 2.24) is 4.98 Å². The van der Waals surface area contributed by atoms with E-state index in [-0.39, 0.29) is 0 Å². The molecule has 1 heterocycles. The third kappa shape index (κ3) is 1.86. The zero-order chi connectivity index (χ0) is 11.4. The Morgan fingerprint density at radius 2 is 1.94 bits per heavy atom. The normalized spacial score (nSPS) is 9.50. The van der Waals surface area contributed by atoms with Gasteiger partial charge in [-0.05, 0) is 18.2 Å². The Balaban J connectivity index is 2.42. The fourth-order valence-electron chi connectivity index (χ4n) is 1.52. The number of hydrogen-bond donors (Lipinski definition) is 0. The van der Waals surface area contributed by atoms with Crippen LogP contribution in [-0.2, 0) is 0 Å². The summed E-state index contributed by atoms with van der Waals surface area (Å²) in [5.74, 6) is 0. The lowest BCUT2D eigenvalue weighted by molar-refractivity contribution is 1.18. The molecule has 3 heteroatoms. The second-order valence-corrected chi connectivity index (χ2v) is 3.37. The van der Waals surface area contributed by atoms with E-state index in [1.165, 1.54) is 0 Å². The molecule has 0 saturated heterocycles. The molecule has 0 bridgehead atoms. The number of pyridine rings is 1. The highest BCUT2D eigenvalue weighted by Crippen LogP contribution is 2.31. The molecule has 1 aromatic heterocycles. The van der Waals surface area contributed by atoms with E-state index in [1.807, 2.05) is 42.3 Å². The van der Waals surface area contributed by atoms with Crippen molar-refractivity contribution in [3.63, 3.8) is 0 Å². The average Bonchev–Trinajstić information content (AvgIpc) is 2.39. The number of rotatable bonds is 2. The first kappa shape index (κ1) is 10.2. The van der Waals surface area contributed by atoms with Crippen molar-refractivity contribution in [2.24, 2.45) is 0 Å². The van der Waals surface area contributed by atoms with E-state index in [2.05, 4.69) is 9.83 Å². The van der Waals surface area contributed by atoms with E-state index < -0.39 is 0 Å². The van der Waals surface area contributed by atoms with E-state index in [0.717, 1.165) is 11.4 Å². The van der Waals surface area contributed by atoms with Gasteiger partial charge < -0.3 is 4.90 Å². The first-order chi connectivity index (χ1) is 7.83. The maximum absolute atomic E-state index is 7.11. The smallest absolute Gasteiger partial charge is 0.213 e. The summed E-state index contributed by atoms with van der Waals surface area (Å²) in [6.45, 7) is 7.11. The number of anilines is 2. The average molecular weight is 209 g/mol. The molecule has 2 aromatic rings. The van der Waals surface area contributed by atoms with Crippen molar-refractivity contribution in [3.8, 4) is 0 Å². The van der Waals surface area contributed by atoms with Gasteiger partial charge in [0.1, 0.15) is 0 Å². The van der Waals surface area contributed by atoms with Gasteiger partial charge in [0.05, 0.1) is 12.3 Å². The number of hydrogen-bond acceptors (Lipinski definition) is 2. The lowest BCUT2D eigenvalue weighted by Gasteiger charge is -2.20. The van der Waals surface area contributed by atoms with Gasteiger partial charge in [0.25, 0.3) is 0 Å². The molecule has 0 aliphatic carbocycles. The summed E-state index contributed by atoms with van der Waals surface area (Å²) in [5.41, 5.74) is 2.48. The van der Waals surface area contributed by atoms with Crippen molar-refractivity contribution < 1.29 is 0 Å². The molecular weight excluding hydrogens is 198 g/mol. The molecule has 0 unspecified atom stereocenters. The summed E-state index contributed by atoms with van der Waals surface area (Å²) in [7, 11) is 1.93. The van der Waals surface area contributed by atoms with Gasteiger partial charge in [0.2, 0.25) is 5.69 Å². The lowest BCUT2D eigenvalue weighted by atomic mass is 10.2. The van der Waals surface area contributed by atoms with E-state index in [4.69, 9.17) is 6.57 Å². The molecule has 1 aromatic carbocycles. The van der Waals surface area contributed by atoms with Crippen LogP contribution in [0, 0.1) is 6.57 Å². The molecule has 0 amide bonds. The number of benzene rings is 1. The monoisotopic (exact) mass is 209 g/mol. The third-order valence-electron chi connectivity index (χ3n) is 2.40. The Kier molecular flexibility index (Phi) is 2.84.